The van der Waals surface area contributed by atoms with Gasteiger partial charge in [-0.05, 0) is 60.2 Å². The predicted octanol–water partition coefficient (Wildman–Crippen LogP) is 3.20. The number of nitrogens with zero attached hydrogens (tertiary/aromatic N) is 2. The van der Waals surface area contributed by atoms with Crippen LogP contribution in [0, 0.1) is 5.82 Å². The van der Waals surface area contributed by atoms with E-state index in [1.807, 2.05) is 0 Å². The van der Waals surface area contributed by atoms with Gasteiger partial charge in [0.2, 0.25) is 0 Å². The molecule has 0 bridgehead atoms. The van der Waals surface area contributed by atoms with Gasteiger partial charge >= 0.3 is 5.97 Å². The number of halogens is 1. The highest BCUT2D eigenvalue weighted by Crippen LogP contribution is 2.14. The minimum absolute atomic E-state index is 0.125. The van der Waals surface area contributed by atoms with E-state index in [9.17, 15) is 14.0 Å². The van der Waals surface area contributed by atoms with Crippen molar-refractivity contribution in [1.29, 1.82) is 0 Å². The molecule has 0 fully saturated rings. The highest BCUT2D eigenvalue weighted by atomic mass is 19.1. The van der Waals surface area contributed by atoms with Crippen molar-refractivity contribution in [3.05, 3.63) is 95.6 Å². The lowest BCUT2D eigenvalue weighted by atomic mass is 10.2. The summed E-state index contributed by atoms with van der Waals surface area (Å²) >= 11 is 0. The molecule has 0 aliphatic carbocycles. The molecule has 0 atom stereocenters. The zero-order chi connectivity index (χ0) is 19.1. The van der Waals surface area contributed by atoms with Crippen molar-refractivity contribution in [2.24, 2.45) is 5.10 Å². The van der Waals surface area contributed by atoms with Crippen LogP contribution in [0.2, 0.25) is 0 Å². The Bertz CT molecular complexity index is 973. The van der Waals surface area contributed by atoms with E-state index in [-0.39, 0.29) is 11.5 Å². The second-order valence-electron chi connectivity index (χ2n) is 5.40. The number of amides is 1. The fourth-order valence-corrected chi connectivity index (χ4v) is 2.14. The van der Waals surface area contributed by atoms with Crippen molar-refractivity contribution in [2.45, 2.75) is 0 Å². The van der Waals surface area contributed by atoms with Crippen molar-refractivity contribution in [2.75, 3.05) is 0 Å². The topological polar surface area (TPSA) is 80.6 Å². The standard InChI is InChI=1S/C20H14FN3O3/c21-17-3-1-2-16(12-17)20(26)27-18-6-4-14(5-7-18)13-23-24-19(25)15-8-10-22-11-9-15/h1-13H,(H,24,25). The molecule has 1 aromatic heterocycles. The summed E-state index contributed by atoms with van der Waals surface area (Å²) < 4.78 is 18.3. The van der Waals surface area contributed by atoms with Crippen LogP contribution in [0.3, 0.4) is 0 Å². The van der Waals surface area contributed by atoms with Gasteiger partial charge in [-0.1, -0.05) is 6.07 Å². The maximum atomic E-state index is 13.1. The largest absolute Gasteiger partial charge is 0.423 e. The van der Waals surface area contributed by atoms with E-state index in [1.165, 1.54) is 36.8 Å². The Hall–Kier alpha value is -3.87. The summed E-state index contributed by atoms with van der Waals surface area (Å²) in [6.07, 6.45) is 4.49. The quantitative estimate of drug-likeness (QED) is 0.327. The molecule has 2 aromatic carbocycles. The van der Waals surface area contributed by atoms with Crippen molar-refractivity contribution >= 4 is 18.1 Å². The number of carbonyl (C=O) groups is 2. The molecule has 0 saturated carbocycles. The molecule has 0 spiro atoms. The van der Waals surface area contributed by atoms with E-state index >= 15 is 0 Å². The first kappa shape index (κ1) is 17.9. The molecular weight excluding hydrogens is 349 g/mol. The molecule has 27 heavy (non-hydrogen) atoms. The number of nitrogens with one attached hydrogen (secondary N) is 1. The normalized spacial score (nSPS) is 10.6. The highest BCUT2D eigenvalue weighted by Gasteiger charge is 2.09. The first-order chi connectivity index (χ1) is 13.1. The van der Waals surface area contributed by atoms with Crippen LogP contribution in [0.15, 0.2) is 78.2 Å². The van der Waals surface area contributed by atoms with Gasteiger partial charge in [-0.2, -0.15) is 5.10 Å². The first-order valence-corrected chi connectivity index (χ1v) is 7.93. The van der Waals surface area contributed by atoms with Gasteiger partial charge in [0.25, 0.3) is 5.91 Å². The minimum Gasteiger partial charge on any atom is -0.423 e. The molecule has 1 N–H and O–H groups in total. The number of benzene rings is 2. The van der Waals surface area contributed by atoms with Crippen LogP contribution in [-0.2, 0) is 0 Å². The molecule has 1 heterocycles. The smallest absolute Gasteiger partial charge is 0.343 e. The van der Waals surface area contributed by atoms with Gasteiger partial charge in [0.1, 0.15) is 11.6 Å². The molecule has 0 unspecified atom stereocenters. The van der Waals surface area contributed by atoms with E-state index in [1.54, 1.807) is 36.4 Å². The lowest BCUT2D eigenvalue weighted by Gasteiger charge is -2.04. The number of ether oxygens (including phenoxy) is 1. The third-order valence-corrected chi connectivity index (χ3v) is 3.47. The van der Waals surface area contributed by atoms with E-state index in [4.69, 9.17) is 4.74 Å². The molecule has 0 radical (unpaired) electrons. The molecule has 0 saturated heterocycles. The molecule has 6 nitrogen and oxygen atoms in total. The van der Waals surface area contributed by atoms with Crippen LogP contribution < -0.4 is 10.2 Å². The fraction of sp³-hybridized carbons (Fsp3) is 0. The average Bonchev–Trinajstić information content (AvgIpc) is 2.70. The number of hydrazone groups is 1. The molecule has 1 amide bonds. The summed E-state index contributed by atoms with van der Waals surface area (Å²) in [7, 11) is 0. The molecule has 0 aliphatic rings. The van der Waals surface area contributed by atoms with Gasteiger partial charge in [0.15, 0.2) is 0 Å². The highest BCUT2D eigenvalue weighted by molar-refractivity contribution is 5.94. The third kappa shape index (κ3) is 5.05. The second kappa shape index (κ2) is 8.48. The number of rotatable bonds is 5. The molecule has 0 aliphatic heterocycles. The summed E-state index contributed by atoms with van der Waals surface area (Å²) in [5.74, 6) is -1.21. The molecule has 7 heteroatoms. The van der Waals surface area contributed by atoms with Crippen molar-refractivity contribution in [3.8, 4) is 5.75 Å². The summed E-state index contributed by atoms with van der Waals surface area (Å²) in [5.41, 5.74) is 3.66. The lowest BCUT2D eigenvalue weighted by Crippen LogP contribution is -2.17. The Kier molecular flexibility index (Phi) is 5.64. The Morgan fingerprint density at radius 2 is 1.74 bits per heavy atom. The third-order valence-electron chi connectivity index (χ3n) is 3.47. The van der Waals surface area contributed by atoms with E-state index in [0.29, 0.717) is 16.9 Å². The van der Waals surface area contributed by atoms with Crippen LogP contribution >= 0.6 is 0 Å². The summed E-state index contributed by atoms with van der Waals surface area (Å²) in [6, 6.07) is 14.9. The van der Waals surface area contributed by atoms with Crippen LogP contribution in [0.25, 0.3) is 0 Å². The van der Waals surface area contributed by atoms with E-state index in [2.05, 4.69) is 15.5 Å². The predicted molar refractivity (Wildman–Crippen MR) is 97.1 cm³/mol. The Balaban J connectivity index is 1.57. The van der Waals surface area contributed by atoms with Gasteiger partial charge < -0.3 is 4.74 Å². The molecular formula is C20H14FN3O3. The first-order valence-electron chi connectivity index (χ1n) is 7.93. The van der Waals surface area contributed by atoms with Gasteiger partial charge in [0, 0.05) is 18.0 Å². The van der Waals surface area contributed by atoms with Crippen LogP contribution in [0.4, 0.5) is 4.39 Å². The molecule has 134 valence electrons. The van der Waals surface area contributed by atoms with Crippen molar-refractivity contribution in [1.82, 2.24) is 10.4 Å². The maximum Gasteiger partial charge on any atom is 0.343 e. The molecule has 3 aromatic rings. The Morgan fingerprint density at radius 3 is 2.44 bits per heavy atom. The number of pyridine rings is 1. The average molecular weight is 363 g/mol. The van der Waals surface area contributed by atoms with Gasteiger partial charge in [0.05, 0.1) is 11.8 Å². The second-order valence-corrected chi connectivity index (χ2v) is 5.40. The van der Waals surface area contributed by atoms with Crippen molar-refractivity contribution in [3.63, 3.8) is 0 Å². The van der Waals surface area contributed by atoms with E-state index in [0.717, 1.165) is 6.07 Å². The number of carbonyl (C=O) groups excluding carboxylic acids is 2. The monoisotopic (exact) mass is 363 g/mol. The Morgan fingerprint density at radius 1 is 1.00 bits per heavy atom. The zero-order valence-corrected chi connectivity index (χ0v) is 14.0. The SMILES string of the molecule is O=C(NN=Cc1ccc(OC(=O)c2cccc(F)c2)cc1)c1ccncc1. The Labute approximate surface area is 154 Å². The van der Waals surface area contributed by atoms with Gasteiger partial charge in [-0.15, -0.1) is 0 Å². The summed E-state index contributed by atoms with van der Waals surface area (Å²) in [4.78, 5) is 27.6. The summed E-state index contributed by atoms with van der Waals surface area (Å²) in [5, 5.41) is 3.87. The summed E-state index contributed by atoms with van der Waals surface area (Å²) in [6.45, 7) is 0. The number of hydrogen-bond donors (Lipinski definition) is 1. The number of hydrogen-bond acceptors (Lipinski definition) is 5. The van der Waals surface area contributed by atoms with Crippen molar-refractivity contribution < 1.29 is 18.7 Å². The number of aromatic nitrogens is 1. The van der Waals surface area contributed by atoms with E-state index < -0.39 is 11.8 Å². The van der Waals surface area contributed by atoms with Gasteiger partial charge in [-0.3, -0.25) is 9.78 Å². The maximum absolute atomic E-state index is 13.1. The zero-order valence-electron chi connectivity index (χ0n) is 14.0. The fourth-order valence-electron chi connectivity index (χ4n) is 2.14. The van der Waals surface area contributed by atoms with Gasteiger partial charge in [-0.25, -0.2) is 14.6 Å². The number of esters is 1. The minimum atomic E-state index is -0.652. The lowest BCUT2D eigenvalue weighted by molar-refractivity contribution is 0.0734. The van der Waals surface area contributed by atoms with Crippen LogP contribution in [0.1, 0.15) is 26.3 Å². The molecule has 3 rings (SSSR count). The van der Waals surface area contributed by atoms with Crippen LogP contribution in [0.5, 0.6) is 5.75 Å². The van der Waals surface area contributed by atoms with Crippen LogP contribution in [-0.4, -0.2) is 23.1 Å².